The number of benzene rings is 3. The predicted octanol–water partition coefficient (Wildman–Crippen LogP) is 4.92. The molecule has 1 N–H and O–H groups in total. The summed E-state index contributed by atoms with van der Waals surface area (Å²) in [5.41, 5.74) is 3.23. The molecule has 2 amide bonds. The van der Waals surface area contributed by atoms with Crippen LogP contribution < -0.4 is 14.4 Å². The second-order valence-electron chi connectivity index (χ2n) is 10.6. The van der Waals surface area contributed by atoms with Crippen LogP contribution in [0.2, 0.25) is 0 Å². The van der Waals surface area contributed by atoms with E-state index in [0.717, 1.165) is 27.3 Å². The van der Waals surface area contributed by atoms with Crippen LogP contribution in [0.3, 0.4) is 0 Å². The fourth-order valence-corrected chi connectivity index (χ4v) is 5.26. The van der Waals surface area contributed by atoms with Crippen LogP contribution >= 0.6 is 0 Å². The Balaban J connectivity index is 1.85. The molecule has 41 heavy (non-hydrogen) atoms. The van der Waals surface area contributed by atoms with Crippen molar-refractivity contribution in [2.24, 2.45) is 5.92 Å². The van der Waals surface area contributed by atoms with E-state index in [1.165, 1.54) is 4.90 Å². The third kappa shape index (κ3) is 9.63. The standard InChI is InChI=1S/C32H41N3O5S/c1-6-30(32(37)33-20-24(2)3)34(21-27-14-10-11-25(4)19-27)31(36)22-35(41(5,38)39)28-15-17-29(18-16-28)40-23-26-12-8-7-9-13-26/h7-19,24,30H,6,20-23H2,1-5H3,(H,33,37). The summed E-state index contributed by atoms with van der Waals surface area (Å²) in [5.74, 6) is 0.102. The molecule has 0 aromatic heterocycles. The molecule has 9 heteroatoms. The molecule has 0 saturated carbocycles. The molecule has 0 heterocycles. The monoisotopic (exact) mass is 579 g/mol. The number of aryl methyl sites for hydroxylation is 1. The van der Waals surface area contributed by atoms with Crippen molar-refractivity contribution < 1.29 is 22.7 Å². The van der Waals surface area contributed by atoms with Gasteiger partial charge < -0.3 is 15.0 Å². The Bertz CT molecular complexity index is 1390. The zero-order chi connectivity index (χ0) is 30.0. The zero-order valence-corrected chi connectivity index (χ0v) is 25.4. The number of carbonyl (C=O) groups is 2. The summed E-state index contributed by atoms with van der Waals surface area (Å²) in [5, 5.41) is 2.93. The number of nitrogens with zero attached hydrogens (tertiary/aromatic N) is 2. The van der Waals surface area contributed by atoms with E-state index in [1.54, 1.807) is 24.3 Å². The Kier molecular flexibility index (Phi) is 11.3. The van der Waals surface area contributed by atoms with E-state index >= 15 is 0 Å². The average Bonchev–Trinajstić information content (AvgIpc) is 2.93. The minimum absolute atomic E-state index is 0.179. The molecule has 0 aliphatic rings. The van der Waals surface area contributed by atoms with Crippen LogP contribution in [0.15, 0.2) is 78.9 Å². The van der Waals surface area contributed by atoms with Crippen molar-refractivity contribution in [3.8, 4) is 5.75 Å². The Morgan fingerprint density at radius 1 is 0.927 bits per heavy atom. The van der Waals surface area contributed by atoms with Gasteiger partial charge in [0.1, 0.15) is 24.9 Å². The van der Waals surface area contributed by atoms with Gasteiger partial charge in [-0.3, -0.25) is 13.9 Å². The maximum absolute atomic E-state index is 13.8. The molecule has 220 valence electrons. The molecule has 3 aromatic carbocycles. The third-order valence-corrected chi connectivity index (χ3v) is 7.70. The summed E-state index contributed by atoms with van der Waals surface area (Å²) in [6.45, 7) is 8.40. The number of anilines is 1. The van der Waals surface area contributed by atoms with E-state index in [9.17, 15) is 18.0 Å². The number of ether oxygens (including phenoxy) is 1. The number of rotatable bonds is 14. The average molecular weight is 580 g/mol. The maximum atomic E-state index is 13.8. The molecular weight excluding hydrogens is 538 g/mol. The molecule has 0 aliphatic heterocycles. The Hall–Kier alpha value is -3.85. The topological polar surface area (TPSA) is 96.0 Å². The van der Waals surface area contributed by atoms with Gasteiger partial charge in [-0.1, -0.05) is 80.9 Å². The highest BCUT2D eigenvalue weighted by Gasteiger charge is 2.31. The van der Waals surface area contributed by atoms with E-state index < -0.39 is 28.5 Å². The third-order valence-electron chi connectivity index (χ3n) is 6.56. The van der Waals surface area contributed by atoms with Gasteiger partial charge in [-0.2, -0.15) is 0 Å². The number of amides is 2. The molecule has 1 unspecified atom stereocenters. The van der Waals surface area contributed by atoms with Crippen molar-refractivity contribution >= 4 is 27.5 Å². The highest BCUT2D eigenvalue weighted by molar-refractivity contribution is 7.92. The van der Waals surface area contributed by atoms with Gasteiger partial charge in [-0.25, -0.2) is 8.42 Å². The van der Waals surface area contributed by atoms with Crippen LogP contribution in [-0.2, 0) is 32.8 Å². The Morgan fingerprint density at radius 2 is 1.59 bits per heavy atom. The van der Waals surface area contributed by atoms with Crippen molar-refractivity contribution in [1.82, 2.24) is 10.2 Å². The lowest BCUT2D eigenvalue weighted by atomic mass is 10.1. The fourth-order valence-electron chi connectivity index (χ4n) is 4.41. The molecule has 3 rings (SSSR count). The Morgan fingerprint density at radius 3 is 2.17 bits per heavy atom. The van der Waals surface area contributed by atoms with E-state index in [2.05, 4.69) is 5.32 Å². The van der Waals surface area contributed by atoms with Crippen LogP contribution in [0.1, 0.15) is 43.9 Å². The number of sulfonamides is 1. The first-order chi connectivity index (χ1) is 19.5. The minimum Gasteiger partial charge on any atom is -0.489 e. The van der Waals surface area contributed by atoms with Crippen LogP contribution in [0.25, 0.3) is 0 Å². The molecule has 0 bridgehead atoms. The number of nitrogens with one attached hydrogen (secondary N) is 1. The van der Waals surface area contributed by atoms with E-state index in [0.29, 0.717) is 31.0 Å². The molecule has 0 radical (unpaired) electrons. The largest absolute Gasteiger partial charge is 0.489 e. The predicted molar refractivity (Wildman–Crippen MR) is 163 cm³/mol. The van der Waals surface area contributed by atoms with Gasteiger partial charge in [0.25, 0.3) is 0 Å². The molecule has 0 aliphatic carbocycles. The van der Waals surface area contributed by atoms with Crippen molar-refractivity contribution in [3.05, 3.63) is 95.6 Å². The minimum atomic E-state index is -3.82. The van der Waals surface area contributed by atoms with Gasteiger partial charge >= 0.3 is 0 Å². The van der Waals surface area contributed by atoms with Gasteiger partial charge in [0.15, 0.2) is 0 Å². The van der Waals surface area contributed by atoms with Crippen LogP contribution in [0.4, 0.5) is 5.69 Å². The molecule has 0 saturated heterocycles. The number of hydrogen-bond acceptors (Lipinski definition) is 5. The molecule has 8 nitrogen and oxygen atoms in total. The lowest BCUT2D eigenvalue weighted by Crippen LogP contribution is -2.52. The van der Waals surface area contributed by atoms with Crippen molar-refractivity contribution in [1.29, 1.82) is 0 Å². The van der Waals surface area contributed by atoms with Gasteiger partial charge in [0.2, 0.25) is 21.8 Å². The molecule has 0 spiro atoms. The van der Waals surface area contributed by atoms with Gasteiger partial charge in [0, 0.05) is 13.1 Å². The lowest BCUT2D eigenvalue weighted by Gasteiger charge is -2.33. The molecule has 1 atom stereocenters. The SMILES string of the molecule is CCC(C(=O)NCC(C)C)N(Cc1cccc(C)c1)C(=O)CN(c1ccc(OCc2ccccc2)cc1)S(C)(=O)=O. The second-order valence-corrected chi connectivity index (χ2v) is 12.5. The maximum Gasteiger partial charge on any atom is 0.244 e. The first-order valence-corrected chi connectivity index (χ1v) is 15.7. The quantitative estimate of drug-likeness (QED) is 0.293. The van der Waals surface area contributed by atoms with Crippen LogP contribution in [-0.4, -0.2) is 50.5 Å². The summed E-state index contributed by atoms with van der Waals surface area (Å²) < 4.78 is 32.7. The summed E-state index contributed by atoms with van der Waals surface area (Å²) >= 11 is 0. The molecule has 3 aromatic rings. The normalized spacial score (nSPS) is 12.0. The van der Waals surface area contributed by atoms with Crippen molar-refractivity contribution in [2.75, 3.05) is 23.7 Å². The number of carbonyl (C=O) groups excluding carboxylic acids is 2. The Labute approximate surface area is 244 Å². The van der Waals surface area contributed by atoms with E-state index in [4.69, 9.17) is 4.74 Å². The zero-order valence-electron chi connectivity index (χ0n) is 24.5. The fraction of sp³-hybridized carbons (Fsp3) is 0.375. The first kappa shape index (κ1) is 31.7. The van der Waals surface area contributed by atoms with E-state index in [-0.39, 0.29) is 18.4 Å². The van der Waals surface area contributed by atoms with Crippen molar-refractivity contribution in [3.63, 3.8) is 0 Å². The van der Waals surface area contributed by atoms with Crippen LogP contribution in [0, 0.1) is 12.8 Å². The summed E-state index contributed by atoms with van der Waals surface area (Å²) in [4.78, 5) is 28.5. The summed E-state index contributed by atoms with van der Waals surface area (Å²) in [6, 6.07) is 23.3. The highest BCUT2D eigenvalue weighted by Crippen LogP contribution is 2.23. The van der Waals surface area contributed by atoms with Gasteiger partial charge in [0.05, 0.1) is 11.9 Å². The first-order valence-electron chi connectivity index (χ1n) is 13.8. The van der Waals surface area contributed by atoms with Gasteiger partial charge in [-0.15, -0.1) is 0 Å². The van der Waals surface area contributed by atoms with Gasteiger partial charge in [-0.05, 0) is 54.7 Å². The van der Waals surface area contributed by atoms with E-state index in [1.807, 2.05) is 82.3 Å². The molecular formula is C32H41N3O5S. The lowest BCUT2D eigenvalue weighted by molar-refractivity contribution is -0.140. The molecule has 0 fully saturated rings. The second kappa shape index (κ2) is 14.7. The summed E-state index contributed by atoms with van der Waals surface area (Å²) in [7, 11) is -3.82. The smallest absolute Gasteiger partial charge is 0.244 e. The summed E-state index contributed by atoms with van der Waals surface area (Å²) in [6.07, 6.45) is 1.45. The van der Waals surface area contributed by atoms with Crippen LogP contribution in [0.5, 0.6) is 5.75 Å². The number of hydrogen-bond donors (Lipinski definition) is 1. The highest BCUT2D eigenvalue weighted by atomic mass is 32.2. The van der Waals surface area contributed by atoms with Crippen molar-refractivity contribution in [2.45, 2.75) is 53.3 Å².